The van der Waals surface area contributed by atoms with Crippen molar-refractivity contribution in [3.8, 4) is 0 Å². The number of hydrogen-bond donors (Lipinski definition) is 7. The zero-order valence-corrected chi connectivity index (χ0v) is 8.56. The average molecular weight is 228 g/mol. The third-order valence-corrected chi connectivity index (χ3v) is 1.43. The van der Waals surface area contributed by atoms with E-state index in [1.807, 2.05) is 0 Å². The van der Waals surface area contributed by atoms with Crippen molar-refractivity contribution in [2.24, 2.45) is 0 Å². The maximum atomic E-state index is 8.77. The highest BCUT2D eigenvalue weighted by Gasteiger charge is 2.22. The summed E-state index contributed by atoms with van der Waals surface area (Å²) in [6.45, 7) is 0.108. The Kier molecular flexibility index (Phi) is 11.7. The summed E-state index contributed by atoms with van der Waals surface area (Å²) in [7, 11) is 0. The first-order chi connectivity index (χ1) is 6.90. The molecule has 0 aromatic heterocycles. The Hall–Kier alpha value is -0.280. The number of rotatable bonds is 5. The van der Waals surface area contributed by atoms with E-state index in [0.29, 0.717) is 0 Å². The molecule has 7 nitrogen and oxygen atoms in total. The summed E-state index contributed by atoms with van der Waals surface area (Å²) in [5.74, 6) is 0. The summed E-state index contributed by atoms with van der Waals surface area (Å²) >= 11 is 0. The van der Waals surface area contributed by atoms with E-state index >= 15 is 0 Å². The fourth-order valence-corrected chi connectivity index (χ4v) is 0.472. The van der Waals surface area contributed by atoms with Crippen molar-refractivity contribution in [3.05, 3.63) is 0 Å². The molecule has 7 N–H and O–H groups in total. The van der Waals surface area contributed by atoms with Crippen LogP contribution in [0.5, 0.6) is 0 Å². The van der Waals surface area contributed by atoms with Crippen LogP contribution >= 0.6 is 0 Å². The molecule has 7 heteroatoms. The number of hydrogen-bond acceptors (Lipinski definition) is 7. The van der Waals surface area contributed by atoms with Gasteiger partial charge in [-0.15, -0.1) is 0 Å². The zero-order chi connectivity index (χ0) is 12.4. The molecule has 4 atom stereocenters. The second-order valence-electron chi connectivity index (χ2n) is 3.02. The van der Waals surface area contributed by atoms with E-state index in [9.17, 15) is 0 Å². The Morgan fingerprint density at radius 1 is 0.733 bits per heavy atom. The van der Waals surface area contributed by atoms with Gasteiger partial charge in [-0.3, -0.25) is 0 Å². The largest absolute Gasteiger partial charge is 0.394 e. The first-order valence-corrected chi connectivity index (χ1v) is 4.45. The molecule has 0 heterocycles. The summed E-state index contributed by atoms with van der Waals surface area (Å²) in [4.78, 5) is 0. The molecule has 0 amide bonds. The third-order valence-electron chi connectivity index (χ3n) is 1.43. The molecule has 0 aromatic rings. The van der Waals surface area contributed by atoms with E-state index in [1.54, 1.807) is 0 Å². The van der Waals surface area contributed by atoms with Gasteiger partial charge in [0.1, 0.15) is 18.3 Å². The minimum atomic E-state index is -1.49. The Bertz CT molecular complexity index is 120. The molecule has 0 spiro atoms. The van der Waals surface area contributed by atoms with Crippen LogP contribution < -0.4 is 0 Å². The fourth-order valence-electron chi connectivity index (χ4n) is 0.472. The summed E-state index contributed by atoms with van der Waals surface area (Å²) in [5.41, 5.74) is 0. The molecule has 0 rings (SSSR count). The summed E-state index contributed by atoms with van der Waals surface area (Å²) in [5, 5.41) is 58.6. The minimum Gasteiger partial charge on any atom is -0.394 e. The van der Waals surface area contributed by atoms with Crippen LogP contribution in [-0.2, 0) is 0 Å². The standard InChI is InChI=1S/C5H12O5.C3H8O2/c6-1-3(8)5(10)4(9)2-7;1-3(5)2-4/h3-10H,1-2H2;3-5H,2H2,1H3/t3-,4+,5+;. The summed E-state index contributed by atoms with van der Waals surface area (Å²) < 4.78 is 0. The maximum Gasteiger partial charge on any atom is 0.110 e. The monoisotopic (exact) mass is 228 g/mol. The molecule has 0 bridgehead atoms. The first-order valence-electron chi connectivity index (χ1n) is 4.45. The van der Waals surface area contributed by atoms with E-state index in [4.69, 9.17) is 35.7 Å². The smallest absolute Gasteiger partial charge is 0.110 e. The van der Waals surface area contributed by atoms with Gasteiger partial charge in [0.2, 0.25) is 0 Å². The van der Waals surface area contributed by atoms with Crippen molar-refractivity contribution in [2.75, 3.05) is 19.8 Å². The zero-order valence-electron chi connectivity index (χ0n) is 8.56. The molecule has 0 aliphatic carbocycles. The molecular weight excluding hydrogens is 208 g/mol. The SMILES string of the molecule is CC(O)CO.OC[C@@H](O)[C@H](O)[C@@H](O)CO. The van der Waals surface area contributed by atoms with Crippen molar-refractivity contribution in [1.29, 1.82) is 0 Å². The summed E-state index contributed by atoms with van der Waals surface area (Å²) in [6.07, 6.45) is -4.85. The third kappa shape index (κ3) is 10.0. The van der Waals surface area contributed by atoms with Gasteiger partial charge in [-0.1, -0.05) is 0 Å². The molecule has 0 fully saturated rings. The number of aliphatic hydroxyl groups excluding tert-OH is 7. The molecule has 0 aromatic carbocycles. The molecule has 0 aliphatic rings. The quantitative estimate of drug-likeness (QED) is 0.258. The topological polar surface area (TPSA) is 142 Å². The molecule has 0 saturated carbocycles. The molecular formula is C8H20O7. The van der Waals surface area contributed by atoms with Gasteiger partial charge in [-0.2, -0.15) is 0 Å². The van der Waals surface area contributed by atoms with Crippen LogP contribution in [-0.4, -0.2) is 80.0 Å². The lowest BCUT2D eigenvalue weighted by Gasteiger charge is -2.19. The lowest BCUT2D eigenvalue weighted by atomic mass is 10.1. The van der Waals surface area contributed by atoms with Crippen molar-refractivity contribution >= 4 is 0 Å². The van der Waals surface area contributed by atoms with Crippen molar-refractivity contribution < 1.29 is 35.7 Å². The number of aliphatic hydroxyl groups is 7. The predicted octanol–water partition coefficient (Wildman–Crippen LogP) is -3.59. The fraction of sp³-hybridized carbons (Fsp3) is 1.00. The molecule has 15 heavy (non-hydrogen) atoms. The van der Waals surface area contributed by atoms with Gasteiger partial charge in [0, 0.05) is 0 Å². The normalized spacial score (nSPS) is 18.4. The maximum absolute atomic E-state index is 8.77. The average Bonchev–Trinajstić information content (AvgIpc) is 2.26. The molecule has 0 radical (unpaired) electrons. The Morgan fingerprint density at radius 2 is 1.00 bits per heavy atom. The highest BCUT2D eigenvalue weighted by Crippen LogP contribution is 1.97. The van der Waals surface area contributed by atoms with Crippen molar-refractivity contribution in [3.63, 3.8) is 0 Å². The molecule has 94 valence electrons. The minimum absolute atomic E-state index is 0.139. The second kappa shape index (κ2) is 10.2. The Labute approximate surface area is 87.9 Å². The Morgan fingerprint density at radius 3 is 1.13 bits per heavy atom. The lowest BCUT2D eigenvalue weighted by molar-refractivity contribution is -0.0900. The molecule has 0 aliphatic heterocycles. The van der Waals surface area contributed by atoms with Crippen LogP contribution in [0, 0.1) is 0 Å². The van der Waals surface area contributed by atoms with Gasteiger partial charge < -0.3 is 35.7 Å². The van der Waals surface area contributed by atoms with Gasteiger partial charge >= 0.3 is 0 Å². The first kappa shape index (κ1) is 17.1. The lowest BCUT2D eigenvalue weighted by Crippen LogP contribution is -2.41. The van der Waals surface area contributed by atoms with Gasteiger partial charge in [0.25, 0.3) is 0 Å². The van der Waals surface area contributed by atoms with Crippen LogP contribution in [0.4, 0.5) is 0 Å². The van der Waals surface area contributed by atoms with Gasteiger partial charge in [0.15, 0.2) is 0 Å². The second-order valence-corrected chi connectivity index (χ2v) is 3.02. The van der Waals surface area contributed by atoms with Crippen LogP contribution in [0.25, 0.3) is 0 Å². The van der Waals surface area contributed by atoms with Crippen molar-refractivity contribution in [1.82, 2.24) is 0 Å². The van der Waals surface area contributed by atoms with Gasteiger partial charge in [0.05, 0.1) is 25.9 Å². The van der Waals surface area contributed by atoms with E-state index in [1.165, 1.54) is 6.92 Å². The van der Waals surface area contributed by atoms with E-state index in [2.05, 4.69) is 0 Å². The van der Waals surface area contributed by atoms with Gasteiger partial charge in [-0.25, -0.2) is 0 Å². The predicted molar refractivity (Wildman–Crippen MR) is 51.0 cm³/mol. The van der Waals surface area contributed by atoms with Gasteiger partial charge in [-0.05, 0) is 6.92 Å². The van der Waals surface area contributed by atoms with E-state index in [-0.39, 0.29) is 6.61 Å². The van der Waals surface area contributed by atoms with E-state index in [0.717, 1.165) is 0 Å². The summed E-state index contributed by atoms with van der Waals surface area (Å²) in [6, 6.07) is 0. The van der Waals surface area contributed by atoms with E-state index < -0.39 is 37.6 Å². The van der Waals surface area contributed by atoms with Crippen molar-refractivity contribution in [2.45, 2.75) is 31.3 Å². The van der Waals surface area contributed by atoms with Crippen LogP contribution in [0.3, 0.4) is 0 Å². The van der Waals surface area contributed by atoms with Crippen LogP contribution in [0.1, 0.15) is 6.92 Å². The highest BCUT2D eigenvalue weighted by atomic mass is 16.4. The highest BCUT2D eigenvalue weighted by molar-refractivity contribution is 4.73. The molecule has 1 unspecified atom stereocenters. The van der Waals surface area contributed by atoms with Crippen LogP contribution in [0.15, 0.2) is 0 Å². The van der Waals surface area contributed by atoms with Crippen LogP contribution in [0.2, 0.25) is 0 Å². The molecule has 0 saturated heterocycles. The Balaban J connectivity index is 0.